The molecule has 0 spiro atoms. The summed E-state index contributed by atoms with van der Waals surface area (Å²) in [4.78, 5) is 16.4. The molecule has 0 saturated carbocycles. The van der Waals surface area contributed by atoms with Crippen LogP contribution in [0, 0.1) is 0 Å². The summed E-state index contributed by atoms with van der Waals surface area (Å²) in [6.45, 7) is 2.48. The van der Waals surface area contributed by atoms with Gasteiger partial charge in [-0.1, -0.05) is 0 Å². The van der Waals surface area contributed by atoms with Gasteiger partial charge in [-0.3, -0.25) is 4.79 Å². The predicted molar refractivity (Wildman–Crippen MR) is 78.4 cm³/mol. The molecular weight excluding hydrogens is 278 g/mol. The molecule has 0 aromatic heterocycles. The van der Waals surface area contributed by atoms with Gasteiger partial charge in [0.2, 0.25) is 5.91 Å². The van der Waals surface area contributed by atoms with E-state index in [1.807, 2.05) is 11.9 Å². The number of nitrogens with zero attached hydrogens (tertiary/aromatic N) is 2. The molecule has 0 radical (unpaired) electrons. The summed E-state index contributed by atoms with van der Waals surface area (Å²) in [5, 5.41) is 3.14. The molecule has 0 aromatic rings. The Morgan fingerprint density at radius 1 is 1.35 bits per heavy atom. The summed E-state index contributed by atoms with van der Waals surface area (Å²) in [6, 6.07) is 0.0638. The van der Waals surface area contributed by atoms with Crippen LogP contribution in [0.15, 0.2) is 0 Å². The van der Waals surface area contributed by atoms with Crippen molar-refractivity contribution >= 4 is 15.7 Å². The van der Waals surface area contributed by atoms with E-state index in [4.69, 9.17) is 0 Å². The Balaban J connectivity index is 1.85. The third-order valence-electron chi connectivity index (χ3n) is 4.35. The van der Waals surface area contributed by atoms with Gasteiger partial charge in [-0.2, -0.15) is 0 Å². The van der Waals surface area contributed by atoms with Gasteiger partial charge >= 0.3 is 0 Å². The number of sulfone groups is 1. The molecule has 1 N–H and O–H groups in total. The Morgan fingerprint density at radius 3 is 2.60 bits per heavy atom. The van der Waals surface area contributed by atoms with E-state index in [-0.39, 0.29) is 29.9 Å². The van der Waals surface area contributed by atoms with Gasteiger partial charge in [-0.15, -0.1) is 0 Å². The summed E-state index contributed by atoms with van der Waals surface area (Å²) >= 11 is 0. The van der Waals surface area contributed by atoms with Crippen molar-refractivity contribution in [3.63, 3.8) is 0 Å². The summed E-state index contributed by atoms with van der Waals surface area (Å²) < 4.78 is 23.2. The van der Waals surface area contributed by atoms with Crippen molar-refractivity contribution in [2.24, 2.45) is 0 Å². The second kappa shape index (κ2) is 6.41. The molecule has 2 aliphatic heterocycles. The number of piperidine rings is 1. The quantitative estimate of drug-likeness (QED) is 0.748. The first-order valence-electron chi connectivity index (χ1n) is 7.25. The van der Waals surface area contributed by atoms with Crippen LogP contribution in [0.2, 0.25) is 0 Å². The zero-order valence-corrected chi connectivity index (χ0v) is 13.2. The molecule has 1 atom stereocenters. The molecule has 1 amide bonds. The summed E-state index contributed by atoms with van der Waals surface area (Å²) in [7, 11) is 0.960. The lowest BCUT2D eigenvalue weighted by Crippen LogP contribution is -2.50. The Morgan fingerprint density at radius 2 is 2.00 bits per heavy atom. The minimum atomic E-state index is -2.98. The summed E-state index contributed by atoms with van der Waals surface area (Å²) in [6.07, 6.45) is 2.27. The number of likely N-dealkylation sites (tertiary alicyclic amines) is 1. The minimum absolute atomic E-state index is 0.0501. The maximum absolute atomic E-state index is 12.3. The Labute approximate surface area is 121 Å². The number of nitrogens with one attached hydrogen (secondary N) is 1. The SMILES string of the molecule is CN1CCC(N(C)C(=O)CC2CS(=O)(=O)CCN2)CC1. The normalized spacial score (nSPS) is 28.2. The molecule has 2 heterocycles. The van der Waals surface area contributed by atoms with Crippen molar-refractivity contribution in [1.82, 2.24) is 15.1 Å². The van der Waals surface area contributed by atoms with E-state index in [0.717, 1.165) is 25.9 Å². The zero-order valence-electron chi connectivity index (χ0n) is 12.3. The Hall–Kier alpha value is -0.660. The maximum Gasteiger partial charge on any atom is 0.224 e. The molecule has 2 aliphatic rings. The molecule has 6 nitrogen and oxygen atoms in total. The number of hydrogen-bond acceptors (Lipinski definition) is 5. The highest BCUT2D eigenvalue weighted by Gasteiger charge is 2.29. The highest BCUT2D eigenvalue weighted by Crippen LogP contribution is 2.16. The van der Waals surface area contributed by atoms with Crippen LogP contribution in [-0.2, 0) is 14.6 Å². The topological polar surface area (TPSA) is 69.7 Å². The lowest BCUT2D eigenvalue weighted by Gasteiger charge is -2.36. The summed E-state index contributed by atoms with van der Waals surface area (Å²) in [5.74, 6) is 0.316. The van der Waals surface area contributed by atoms with Gasteiger partial charge in [0, 0.05) is 32.1 Å². The fraction of sp³-hybridized carbons (Fsp3) is 0.923. The molecule has 7 heteroatoms. The largest absolute Gasteiger partial charge is 0.343 e. The lowest BCUT2D eigenvalue weighted by molar-refractivity contribution is -0.133. The monoisotopic (exact) mass is 303 g/mol. The molecule has 2 rings (SSSR count). The Bertz CT molecular complexity index is 444. The minimum Gasteiger partial charge on any atom is -0.343 e. The average molecular weight is 303 g/mol. The van der Waals surface area contributed by atoms with Crippen LogP contribution in [0.1, 0.15) is 19.3 Å². The lowest BCUT2D eigenvalue weighted by atomic mass is 10.0. The maximum atomic E-state index is 12.3. The highest BCUT2D eigenvalue weighted by atomic mass is 32.2. The number of carbonyl (C=O) groups excluding carboxylic acids is 1. The van der Waals surface area contributed by atoms with E-state index in [2.05, 4.69) is 17.3 Å². The third kappa shape index (κ3) is 4.17. The molecule has 20 heavy (non-hydrogen) atoms. The van der Waals surface area contributed by atoms with Crippen LogP contribution < -0.4 is 5.32 Å². The second-order valence-electron chi connectivity index (χ2n) is 6.01. The van der Waals surface area contributed by atoms with Gasteiger partial charge in [-0.05, 0) is 33.0 Å². The van der Waals surface area contributed by atoms with E-state index in [9.17, 15) is 13.2 Å². The predicted octanol–water partition coefficient (Wildman–Crippen LogP) is -0.684. The number of amides is 1. The standard InChI is InChI=1S/C13H25N3O3S/c1-15-6-3-12(4-7-15)16(2)13(17)9-11-10-20(18,19)8-5-14-11/h11-12,14H,3-10H2,1-2H3. The molecule has 0 aromatic carbocycles. The molecule has 2 fully saturated rings. The smallest absolute Gasteiger partial charge is 0.224 e. The van der Waals surface area contributed by atoms with Crippen molar-refractivity contribution in [2.45, 2.75) is 31.3 Å². The Kier molecular flexibility index (Phi) is 5.04. The van der Waals surface area contributed by atoms with Gasteiger partial charge in [0.1, 0.15) is 0 Å². The molecule has 0 bridgehead atoms. The van der Waals surface area contributed by atoms with Gasteiger partial charge < -0.3 is 15.1 Å². The van der Waals surface area contributed by atoms with Gasteiger partial charge in [0.05, 0.1) is 11.5 Å². The highest BCUT2D eigenvalue weighted by molar-refractivity contribution is 7.91. The van der Waals surface area contributed by atoms with Gasteiger partial charge in [0.15, 0.2) is 9.84 Å². The second-order valence-corrected chi connectivity index (χ2v) is 8.24. The number of carbonyl (C=O) groups is 1. The zero-order chi connectivity index (χ0) is 14.8. The van der Waals surface area contributed by atoms with Crippen LogP contribution >= 0.6 is 0 Å². The van der Waals surface area contributed by atoms with E-state index in [1.165, 1.54) is 0 Å². The fourth-order valence-corrected chi connectivity index (χ4v) is 4.38. The number of rotatable bonds is 3. The summed E-state index contributed by atoms with van der Waals surface area (Å²) in [5.41, 5.74) is 0. The molecular formula is C13H25N3O3S. The molecule has 0 aliphatic carbocycles. The first kappa shape index (κ1) is 15.7. The molecule has 116 valence electrons. The van der Waals surface area contributed by atoms with E-state index < -0.39 is 9.84 Å². The first-order chi connectivity index (χ1) is 9.37. The molecule has 1 unspecified atom stereocenters. The van der Waals surface area contributed by atoms with Crippen molar-refractivity contribution < 1.29 is 13.2 Å². The van der Waals surface area contributed by atoms with Crippen LogP contribution in [0.3, 0.4) is 0 Å². The van der Waals surface area contributed by atoms with E-state index in [0.29, 0.717) is 12.6 Å². The van der Waals surface area contributed by atoms with Gasteiger partial charge in [-0.25, -0.2) is 8.42 Å². The molecule has 2 saturated heterocycles. The van der Waals surface area contributed by atoms with Crippen molar-refractivity contribution in [3.05, 3.63) is 0 Å². The van der Waals surface area contributed by atoms with Crippen LogP contribution in [0.5, 0.6) is 0 Å². The van der Waals surface area contributed by atoms with Crippen molar-refractivity contribution in [1.29, 1.82) is 0 Å². The fourth-order valence-electron chi connectivity index (χ4n) is 2.94. The van der Waals surface area contributed by atoms with Crippen molar-refractivity contribution in [2.75, 3.05) is 45.2 Å². The van der Waals surface area contributed by atoms with Gasteiger partial charge in [0.25, 0.3) is 0 Å². The third-order valence-corrected chi connectivity index (χ3v) is 6.09. The van der Waals surface area contributed by atoms with Crippen LogP contribution in [0.4, 0.5) is 0 Å². The van der Waals surface area contributed by atoms with E-state index >= 15 is 0 Å². The number of hydrogen-bond donors (Lipinski definition) is 1. The average Bonchev–Trinajstić information content (AvgIpc) is 2.37. The first-order valence-corrected chi connectivity index (χ1v) is 9.07. The van der Waals surface area contributed by atoms with Crippen LogP contribution in [-0.4, -0.2) is 81.4 Å². The van der Waals surface area contributed by atoms with E-state index in [1.54, 1.807) is 0 Å². The van der Waals surface area contributed by atoms with Crippen LogP contribution in [0.25, 0.3) is 0 Å². The van der Waals surface area contributed by atoms with Crippen molar-refractivity contribution in [3.8, 4) is 0 Å².